The first-order chi connectivity index (χ1) is 9.35. The molecule has 3 heterocycles. The van der Waals surface area contributed by atoms with Crippen molar-refractivity contribution in [2.24, 2.45) is 0 Å². The van der Waals surface area contributed by atoms with Gasteiger partial charge in [0.2, 0.25) is 0 Å². The Morgan fingerprint density at radius 2 is 2.10 bits per heavy atom. The second kappa shape index (κ2) is 6.07. The van der Waals surface area contributed by atoms with Gasteiger partial charge < -0.3 is 4.90 Å². The molecule has 2 fully saturated rings. The Labute approximate surface area is 147 Å². The van der Waals surface area contributed by atoms with E-state index >= 15 is 0 Å². The number of amides is 2. The standard InChI is InChI=1S/C9H12N4O5S2.Na/c1-5-10-11-8(19-5)7-3-2-6-4-12(7)9(14)13(6)18-20(15,16)17;/h6-7H,2-4H2,1H3,(H,15,16,17);/t6-,7+;/m1./s1. The molecule has 0 saturated carbocycles. The molecule has 9 nitrogen and oxygen atoms in total. The molecule has 2 bridgehead atoms. The number of hydrogen-bond donors (Lipinski definition) is 1. The third-order valence-electron chi connectivity index (χ3n) is 3.32. The Morgan fingerprint density at radius 1 is 1.38 bits per heavy atom. The monoisotopic (exact) mass is 343 g/mol. The molecule has 0 aliphatic carbocycles. The van der Waals surface area contributed by atoms with E-state index in [0.29, 0.717) is 19.4 Å². The van der Waals surface area contributed by atoms with Gasteiger partial charge in [-0.25, -0.2) is 4.79 Å². The maximum atomic E-state index is 12.2. The van der Waals surface area contributed by atoms with Crippen LogP contribution in [0.25, 0.3) is 0 Å². The van der Waals surface area contributed by atoms with E-state index in [0.717, 1.165) is 15.1 Å². The van der Waals surface area contributed by atoms with E-state index in [4.69, 9.17) is 4.55 Å². The summed E-state index contributed by atoms with van der Waals surface area (Å²) in [5.41, 5.74) is 0. The summed E-state index contributed by atoms with van der Waals surface area (Å²) >= 11 is 1.41. The van der Waals surface area contributed by atoms with Crippen molar-refractivity contribution in [1.82, 2.24) is 20.2 Å². The van der Waals surface area contributed by atoms with E-state index in [1.54, 1.807) is 0 Å². The molecule has 1 N–H and O–H groups in total. The average Bonchev–Trinajstić information content (AvgIpc) is 2.88. The van der Waals surface area contributed by atoms with Gasteiger partial charge in [-0.2, -0.15) is 13.5 Å². The molecule has 1 radical (unpaired) electrons. The Kier molecular flexibility index (Phi) is 4.93. The van der Waals surface area contributed by atoms with Crippen LogP contribution in [0.15, 0.2) is 0 Å². The summed E-state index contributed by atoms with van der Waals surface area (Å²) < 4.78 is 34.6. The van der Waals surface area contributed by atoms with Crippen LogP contribution in [0.1, 0.15) is 28.9 Å². The van der Waals surface area contributed by atoms with Crippen LogP contribution >= 0.6 is 11.3 Å². The molecule has 0 spiro atoms. The number of aryl methyl sites for hydroxylation is 1. The molecule has 21 heavy (non-hydrogen) atoms. The van der Waals surface area contributed by atoms with Crippen LogP contribution in [0.3, 0.4) is 0 Å². The maximum absolute atomic E-state index is 12.2. The predicted octanol–water partition coefficient (Wildman–Crippen LogP) is 0.141. The Morgan fingerprint density at radius 3 is 2.67 bits per heavy atom. The van der Waals surface area contributed by atoms with Crippen molar-refractivity contribution in [2.45, 2.75) is 31.8 Å². The number of carbonyl (C=O) groups excluding carboxylic acids is 1. The molecular weight excluding hydrogens is 331 g/mol. The number of rotatable bonds is 3. The van der Waals surface area contributed by atoms with Crippen LogP contribution in [0, 0.1) is 6.92 Å². The second-order valence-corrected chi connectivity index (χ2v) is 6.89. The van der Waals surface area contributed by atoms with Gasteiger partial charge in [-0.15, -0.1) is 14.5 Å². The maximum Gasteiger partial charge on any atom is 0.418 e. The SMILES string of the molecule is Cc1nnc([C@@H]2CC[C@@H]3CN2C(=O)N3OS(=O)(=O)O)s1.[Na]. The molecule has 2 amide bonds. The molecule has 0 unspecified atom stereocenters. The first-order valence-corrected chi connectivity index (χ1v) is 8.10. The fourth-order valence-corrected chi connectivity index (χ4v) is 3.77. The summed E-state index contributed by atoms with van der Waals surface area (Å²) in [5.74, 6) is 0. The zero-order valence-corrected chi connectivity index (χ0v) is 15.1. The van der Waals surface area contributed by atoms with Gasteiger partial charge in [0.25, 0.3) is 0 Å². The van der Waals surface area contributed by atoms with Gasteiger partial charge in [0, 0.05) is 36.1 Å². The summed E-state index contributed by atoms with van der Waals surface area (Å²) in [6.45, 7) is 2.17. The Bertz CT molecular complexity index is 650. The van der Waals surface area contributed by atoms with Gasteiger partial charge in [-0.05, 0) is 19.8 Å². The molecule has 2 saturated heterocycles. The van der Waals surface area contributed by atoms with Crippen molar-refractivity contribution in [3.63, 3.8) is 0 Å². The smallest absolute Gasteiger partial charge is 0.311 e. The number of urea groups is 1. The van der Waals surface area contributed by atoms with Gasteiger partial charge >= 0.3 is 16.4 Å². The van der Waals surface area contributed by atoms with Crippen LogP contribution in [0.2, 0.25) is 0 Å². The zero-order chi connectivity index (χ0) is 14.5. The molecule has 1 aromatic heterocycles. The Balaban J connectivity index is 0.00000161. The van der Waals surface area contributed by atoms with E-state index in [1.165, 1.54) is 16.2 Å². The first kappa shape index (κ1) is 17.1. The Hall–Kier alpha value is -0.300. The van der Waals surface area contributed by atoms with Crippen molar-refractivity contribution in [3.05, 3.63) is 10.0 Å². The number of piperidine rings is 1. The summed E-state index contributed by atoms with van der Waals surface area (Å²) in [6, 6.07) is -1.18. The largest absolute Gasteiger partial charge is 0.418 e. The van der Waals surface area contributed by atoms with Crippen molar-refractivity contribution < 1.29 is 22.0 Å². The van der Waals surface area contributed by atoms with Crippen LogP contribution in [0.4, 0.5) is 4.79 Å². The molecule has 3 rings (SSSR count). The van der Waals surface area contributed by atoms with Crippen LogP contribution in [-0.2, 0) is 14.7 Å². The normalized spacial score (nSPS) is 25.1. The van der Waals surface area contributed by atoms with Gasteiger partial charge in [0.15, 0.2) is 0 Å². The second-order valence-electron chi connectivity index (χ2n) is 4.67. The topological polar surface area (TPSA) is 113 Å². The van der Waals surface area contributed by atoms with E-state index in [1.807, 2.05) is 6.92 Å². The van der Waals surface area contributed by atoms with Crippen molar-refractivity contribution in [3.8, 4) is 0 Å². The first-order valence-electron chi connectivity index (χ1n) is 5.92. The van der Waals surface area contributed by atoms with Crippen LogP contribution < -0.4 is 0 Å². The molecule has 2 atom stereocenters. The van der Waals surface area contributed by atoms with Crippen molar-refractivity contribution in [1.29, 1.82) is 0 Å². The van der Waals surface area contributed by atoms with E-state index < -0.39 is 16.4 Å². The molecule has 12 heteroatoms. The number of hydroxylamine groups is 2. The van der Waals surface area contributed by atoms with Crippen LogP contribution in [0.5, 0.6) is 0 Å². The van der Waals surface area contributed by atoms with E-state index in [-0.39, 0.29) is 41.6 Å². The minimum absolute atomic E-state index is 0. The summed E-state index contributed by atoms with van der Waals surface area (Å²) in [4.78, 5) is 13.7. The number of aromatic nitrogens is 2. The third kappa shape index (κ3) is 3.38. The number of hydrogen-bond acceptors (Lipinski definition) is 7. The van der Waals surface area contributed by atoms with Crippen molar-refractivity contribution >= 4 is 57.3 Å². The molecule has 1 aromatic rings. The van der Waals surface area contributed by atoms with Gasteiger partial charge in [0.05, 0.1) is 12.1 Å². The minimum atomic E-state index is -4.70. The number of carbonyl (C=O) groups is 1. The average molecular weight is 343 g/mol. The van der Waals surface area contributed by atoms with Gasteiger partial charge in [-0.1, -0.05) is 11.3 Å². The van der Waals surface area contributed by atoms with Gasteiger partial charge in [0.1, 0.15) is 10.0 Å². The summed E-state index contributed by atoms with van der Waals surface area (Å²) in [7, 11) is -4.70. The summed E-state index contributed by atoms with van der Waals surface area (Å²) in [5, 5.41) is 10.2. The zero-order valence-electron chi connectivity index (χ0n) is 11.5. The quantitative estimate of drug-likeness (QED) is 0.613. The predicted molar refractivity (Wildman–Crippen MR) is 72.7 cm³/mol. The number of nitrogens with zero attached hydrogens (tertiary/aromatic N) is 4. The molecule has 111 valence electrons. The van der Waals surface area contributed by atoms with E-state index in [9.17, 15) is 13.2 Å². The minimum Gasteiger partial charge on any atom is -0.311 e. The van der Waals surface area contributed by atoms with E-state index in [2.05, 4.69) is 14.5 Å². The molecular formula is C9H12N4NaO5S2. The number of fused-ring (bicyclic) bond motifs is 2. The molecule has 2 aliphatic heterocycles. The molecule has 0 aromatic carbocycles. The van der Waals surface area contributed by atoms with Crippen LogP contribution in [-0.4, -0.2) is 81.3 Å². The van der Waals surface area contributed by atoms with Crippen molar-refractivity contribution in [2.75, 3.05) is 6.54 Å². The van der Waals surface area contributed by atoms with Gasteiger partial charge in [-0.3, -0.25) is 4.55 Å². The fraction of sp³-hybridized carbons (Fsp3) is 0.667. The summed E-state index contributed by atoms with van der Waals surface area (Å²) in [6.07, 6.45) is 1.22. The fourth-order valence-electron chi connectivity index (χ4n) is 2.53. The third-order valence-corrected chi connectivity index (χ3v) is 4.61. The molecule has 2 aliphatic rings.